The third-order valence-electron chi connectivity index (χ3n) is 3.79. The maximum absolute atomic E-state index is 9.15. The Morgan fingerprint density at radius 3 is 2.48 bits per heavy atom. The number of aliphatic hydroxyl groups excluding tert-OH is 1. The van der Waals surface area contributed by atoms with Gasteiger partial charge in [-0.05, 0) is 42.4 Å². The number of nitrogens with zero attached hydrogens (tertiary/aromatic N) is 1. The van der Waals surface area contributed by atoms with Crippen molar-refractivity contribution in [3.8, 4) is 11.5 Å². The summed E-state index contributed by atoms with van der Waals surface area (Å²) < 4.78 is 10.5. The van der Waals surface area contributed by atoms with Crippen LogP contribution in [0.25, 0.3) is 0 Å². The van der Waals surface area contributed by atoms with E-state index in [9.17, 15) is 0 Å². The van der Waals surface area contributed by atoms with Crippen molar-refractivity contribution in [3.63, 3.8) is 0 Å². The number of hydrogen-bond donors (Lipinski definition) is 3. The first-order valence-electron chi connectivity index (χ1n) is 8.35. The van der Waals surface area contributed by atoms with Gasteiger partial charge in [0.1, 0.15) is 0 Å². The summed E-state index contributed by atoms with van der Waals surface area (Å²) in [6.45, 7) is 5.74. The van der Waals surface area contributed by atoms with E-state index < -0.39 is 0 Å². The fourth-order valence-electron chi connectivity index (χ4n) is 2.61. The van der Waals surface area contributed by atoms with E-state index >= 15 is 0 Å². The van der Waals surface area contributed by atoms with Crippen LogP contribution in [0, 0.1) is 11.8 Å². The summed E-state index contributed by atoms with van der Waals surface area (Å²) in [6.07, 6.45) is 1.82. The number of aliphatic hydroxyl groups is 1. The van der Waals surface area contributed by atoms with Crippen molar-refractivity contribution < 1.29 is 14.6 Å². The minimum atomic E-state index is 0. The van der Waals surface area contributed by atoms with Crippen LogP contribution in [-0.4, -0.2) is 38.4 Å². The molecule has 0 saturated heterocycles. The molecule has 1 aromatic rings. The lowest BCUT2D eigenvalue weighted by molar-refractivity contribution is 0.243. The van der Waals surface area contributed by atoms with Crippen LogP contribution in [0.4, 0.5) is 0 Å². The number of rotatable bonds is 10. The third kappa shape index (κ3) is 9.15. The Labute approximate surface area is 168 Å². The first-order chi connectivity index (χ1) is 11.5. The molecule has 0 aliphatic heterocycles. The summed E-state index contributed by atoms with van der Waals surface area (Å²) in [6, 6.07) is 5.68. The first-order valence-corrected chi connectivity index (χ1v) is 8.35. The van der Waals surface area contributed by atoms with Crippen molar-refractivity contribution in [2.45, 2.75) is 33.2 Å². The van der Waals surface area contributed by atoms with E-state index in [0.29, 0.717) is 35.8 Å². The van der Waals surface area contributed by atoms with Gasteiger partial charge in [-0.15, -0.1) is 24.0 Å². The molecule has 144 valence electrons. The fourth-order valence-corrected chi connectivity index (χ4v) is 2.61. The summed E-state index contributed by atoms with van der Waals surface area (Å²) in [5.41, 5.74) is 6.94. The molecule has 1 unspecified atom stereocenters. The smallest absolute Gasteiger partial charge is 0.188 e. The van der Waals surface area contributed by atoms with Crippen LogP contribution in [0.5, 0.6) is 11.5 Å². The highest BCUT2D eigenvalue weighted by Crippen LogP contribution is 2.27. The maximum Gasteiger partial charge on any atom is 0.188 e. The van der Waals surface area contributed by atoms with Gasteiger partial charge in [-0.3, -0.25) is 0 Å². The van der Waals surface area contributed by atoms with Gasteiger partial charge in [0.15, 0.2) is 17.5 Å². The molecular weight excluding hydrogens is 433 g/mol. The largest absolute Gasteiger partial charge is 0.493 e. The second-order valence-electron chi connectivity index (χ2n) is 6.28. The topological polar surface area (TPSA) is 89.1 Å². The molecular formula is C18H32IN3O3. The van der Waals surface area contributed by atoms with E-state index in [1.807, 2.05) is 18.2 Å². The zero-order chi connectivity index (χ0) is 17.9. The zero-order valence-electron chi connectivity index (χ0n) is 15.6. The van der Waals surface area contributed by atoms with Gasteiger partial charge in [0.25, 0.3) is 0 Å². The zero-order valence-corrected chi connectivity index (χ0v) is 17.9. The predicted octanol–water partition coefficient (Wildman–Crippen LogP) is 2.77. The van der Waals surface area contributed by atoms with Crippen LogP contribution < -0.4 is 20.5 Å². The number of guanidine groups is 1. The molecule has 4 N–H and O–H groups in total. The van der Waals surface area contributed by atoms with Gasteiger partial charge in [-0.25, -0.2) is 4.99 Å². The van der Waals surface area contributed by atoms with E-state index in [4.69, 9.17) is 20.3 Å². The van der Waals surface area contributed by atoms with E-state index in [1.54, 1.807) is 14.2 Å². The summed E-state index contributed by atoms with van der Waals surface area (Å²) in [5, 5.41) is 12.3. The molecule has 1 aromatic carbocycles. The van der Waals surface area contributed by atoms with Gasteiger partial charge < -0.3 is 25.6 Å². The average molecular weight is 465 g/mol. The second kappa shape index (κ2) is 13.0. The summed E-state index contributed by atoms with van der Waals surface area (Å²) in [7, 11) is 3.22. The molecule has 0 spiro atoms. The summed E-state index contributed by atoms with van der Waals surface area (Å²) >= 11 is 0. The van der Waals surface area contributed by atoms with Gasteiger partial charge in [-0.1, -0.05) is 19.9 Å². The number of benzene rings is 1. The highest BCUT2D eigenvalue weighted by atomic mass is 127. The number of hydrogen-bond acceptors (Lipinski definition) is 4. The molecule has 0 saturated carbocycles. The molecule has 6 nitrogen and oxygen atoms in total. The molecule has 0 aliphatic carbocycles. The molecule has 0 amide bonds. The van der Waals surface area contributed by atoms with Crippen molar-refractivity contribution in [2.75, 3.05) is 27.4 Å². The Bertz CT molecular complexity index is 524. The number of nitrogens with one attached hydrogen (secondary N) is 1. The Kier molecular flexibility index (Phi) is 12.4. The van der Waals surface area contributed by atoms with E-state index in [0.717, 1.165) is 24.9 Å². The van der Waals surface area contributed by atoms with Crippen LogP contribution >= 0.6 is 24.0 Å². The summed E-state index contributed by atoms with van der Waals surface area (Å²) in [4.78, 5) is 4.36. The van der Waals surface area contributed by atoms with E-state index in [-0.39, 0.29) is 30.6 Å². The Balaban J connectivity index is 0.00000576. The number of methoxy groups -OCH3 is 2. The first kappa shape index (κ1) is 23.8. The molecule has 0 aromatic heterocycles. The number of halogens is 1. The van der Waals surface area contributed by atoms with Crippen LogP contribution in [0.15, 0.2) is 23.2 Å². The molecule has 7 heteroatoms. The minimum Gasteiger partial charge on any atom is -0.493 e. The lowest BCUT2D eigenvalue weighted by Crippen LogP contribution is -2.36. The van der Waals surface area contributed by atoms with Crippen LogP contribution in [0.3, 0.4) is 0 Å². The molecule has 0 fully saturated rings. The minimum absolute atomic E-state index is 0. The number of nitrogens with two attached hydrogens (primary N) is 1. The molecule has 25 heavy (non-hydrogen) atoms. The Morgan fingerprint density at radius 2 is 1.92 bits per heavy atom. The standard InChI is InChI=1S/C18H31N3O3.HI/c1-13(2)9-15(7-8-22)12-21-18(19)20-11-14-5-6-16(23-3)17(10-14)24-4;/h5-6,10,13,15,22H,7-9,11-12H2,1-4H3,(H3,19,20,21);1H. The van der Waals surface area contributed by atoms with Gasteiger partial charge >= 0.3 is 0 Å². The van der Waals surface area contributed by atoms with Crippen molar-refractivity contribution in [1.82, 2.24) is 5.32 Å². The maximum atomic E-state index is 9.15. The Morgan fingerprint density at radius 1 is 1.24 bits per heavy atom. The van der Waals surface area contributed by atoms with Crippen molar-refractivity contribution in [1.29, 1.82) is 0 Å². The fraction of sp³-hybridized carbons (Fsp3) is 0.611. The highest BCUT2D eigenvalue weighted by molar-refractivity contribution is 14.0. The summed E-state index contributed by atoms with van der Waals surface area (Å²) in [5.74, 6) is 2.77. The quantitative estimate of drug-likeness (QED) is 0.281. The molecule has 0 heterocycles. The number of ether oxygens (including phenoxy) is 2. The van der Waals surface area contributed by atoms with Gasteiger partial charge in [-0.2, -0.15) is 0 Å². The Hall–Kier alpha value is -1.22. The molecule has 0 aliphatic rings. The molecule has 0 radical (unpaired) electrons. The second-order valence-corrected chi connectivity index (χ2v) is 6.28. The highest BCUT2D eigenvalue weighted by Gasteiger charge is 2.11. The predicted molar refractivity (Wildman–Crippen MR) is 113 cm³/mol. The van der Waals surface area contributed by atoms with Crippen molar-refractivity contribution in [3.05, 3.63) is 23.8 Å². The normalized spacial score (nSPS) is 12.5. The van der Waals surface area contributed by atoms with Crippen molar-refractivity contribution in [2.24, 2.45) is 22.6 Å². The SMILES string of the molecule is COc1ccc(CN=C(N)NCC(CCO)CC(C)C)cc1OC.I. The van der Waals surface area contributed by atoms with E-state index in [1.165, 1.54) is 0 Å². The number of aliphatic imine (C=N–C) groups is 1. The molecule has 0 bridgehead atoms. The van der Waals surface area contributed by atoms with Gasteiger partial charge in [0.05, 0.1) is 20.8 Å². The van der Waals surface area contributed by atoms with Gasteiger partial charge in [0.2, 0.25) is 0 Å². The molecule has 1 rings (SSSR count). The lowest BCUT2D eigenvalue weighted by atomic mass is 9.94. The molecule has 1 atom stereocenters. The third-order valence-corrected chi connectivity index (χ3v) is 3.79. The van der Waals surface area contributed by atoms with Crippen molar-refractivity contribution >= 4 is 29.9 Å². The lowest BCUT2D eigenvalue weighted by Gasteiger charge is -2.18. The van der Waals surface area contributed by atoms with Crippen LogP contribution in [0.1, 0.15) is 32.3 Å². The van der Waals surface area contributed by atoms with Crippen LogP contribution in [0.2, 0.25) is 0 Å². The average Bonchev–Trinajstić information content (AvgIpc) is 2.57. The monoisotopic (exact) mass is 465 g/mol. The van der Waals surface area contributed by atoms with Gasteiger partial charge in [0, 0.05) is 13.2 Å². The van der Waals surface area contributed by atoms with E-state index in [2.05, 4.69) is 24.2 Å². The van der Waals surface area contributed by atoms with Crippen LogP contribution in [-0.2, 0) is 6.54 Å².